The predicted molar refractivity (Wildman–Crippen MR) is 54.5 cm³/mol. The third-order valence-corrected chi connectivity index (χ3v) is 2.23. The van der Waals surface area contributed by atoms with Gasteiger partial charge in [-0.15, -0.1) is 0 Å². The average Bonchev–Trinajstić information content (AvgIpc) is 2.26. The lowest BCUT2D eigenvalue weighted by Crippen LogP contribution is -2.22. The molecule has 15 heavy (non-hydrogen) atoms. The number of benzene rings is 1. The van der Waals surface area contributed by atoms with Crippen LogP contribution in [0.1, 0.15) is 20.7 Å². The van der Waals surface area contributed by atoms with Crippen molar-refractivity contribution in [3.05, 3.63) is 29.3 Å². The Morgan fingerprint density at radius 2 is 1.40 bits per heavy atom. The lowest BCUT2D eigenvalue weighted by Gasteiger charge is -2.05. The smallest absolute Gasteiger partial charge is 0.310 e. The molecular weight excluding hydrogens is 226 g/mol. The van der Waals surface area contributed by atoms with E-state index in [4.69, 9.17) is 0 Å². The molecule has 0 heterocycles. The van der Waals surface area contributed by atoms with Gasteiger partial charge in [-0.3, -0.25) is 9.59 Å². The fourth-order valence-corrected chi connectivity index (χ4v) is 1.37. The van der Waals surface area contributed by atoms with Crippen molar-refractivity contribution < 1.29 is 14.7 Å². The molecule has 1 rings (SSSR count). The Morgan fingerprint density at radius 1 is 1.00 bits per heavy atom. The number of aromatic hydroxyl groups is 1. The summed E-state index contributed by atoms with van der Waals surface area (Å²) in [5.74, 6) is -0.924. The maximum absolute atomic E-state index is 11.2. The molecule has 1 aromatic carbocycles. The first kappa shape index (κ1) is 12.1. The average molecular weight is 232 g/mol. The van der Waals surface area contributed by atoms with E-state index in [0.29, 0.717) is 0 Å². The zero-order chi connectivity index (χ0) is 11.4. The van der Waals surface area contributed by atoms with Crippen molar-refractivity contribution in [1.29, 1.82) is 0 Å². The summed E-state index contributed by atoms with van der Waals surface area (Å²) < 4.78 is 4.64. The molecule has 0 aliphatic heterocycles. The van der Waals surface area contributed by atoms with E-state index in [1.807, 2.05) is 33.0 Å². The molecule has 4 radical (unpaired) electrons. The molecule has 0 saturated carbocycles. The zero-order valence-electron chi connectivity index (χ0n) is 7.65. The van der Waals surface area contributed by atoms with Crippen LogP contribution in [0.4, 0.5) is 0 Å². The highest BCUT2D eigenvalue weighted by molar-refractivity contribution is 6.20. The van der Waals surface area contributed by atoms with Gasteiger partial charge in [-0.25, -0.2) is 0 Å². The summed E-state index contributed by atoms with van der Waals surface area (Å²) in [6.07, 6.45) is 0. The number of phenols is 1. The molecule has 0 aromatic heterocycles. The number of phenolic OH excluding ortho intramolecular Hbond substituents is 1. The first-order valence-corrected chi connectivity index (χ1v) is 5.10. The van der Waals surface area contributed by atoms with Gasteiger partial charge in [-0.05, 0) is 18.2 Å². The van der Waals surface area contributed by atoms with Crippen molar-refractivity contribution in [2.45, 2.75) is 0 Å². The first-order chi connectivity index (χ1) is 7.08. The second-order valence-electron chi connectivity index (χ2n) is 2.72. The molecule has 0 fully saturated rings. The number of rotatable bonds is 2. The second-order valence-corrected chi connectivity index (χ2v) is 3.29. The van der Waals surface area contributed by atoms with E-state index in [0.717, 1.165) is 0 Å². The van der Waals surface area contributed by atoms with Crippen LogP contribution in [0.25, 0.3) is 0 Å². The Bertz CT molecular complexity index is 375. The monoisotopic (exact) mass is 232 g/mol. The van der Waals surface area contributed by atoms with Gasteiger partial charge in [0.2, 0.25) is 11.8 Å². The lowest BCUT2D eigenvalue weighted by atomic mass is 10.1. The summed E-state index contributed by atoms with van der Waals surface area (Å²) in [5, 5.41) is 9.31. The van der Waals surface area contributed by atoms with Gasteiger partial charge in [0.15, 0.2) is 0 Å². The Balaban J connectivity index is 3.16. The summed E-state index contributed by atoms with van der Waals surface area (Å²) in [7, 11) is 0. The van der Waals surface area contributed by atoms with Gasteiger partial charge < -0.3 is 13.7 Å². The van der Waals surface area contributed by atoms with E-state index in [2.05, 4.69) is 8.60 Å². The van der Waals surface area contributed by atoms with E-state index in [1.54, 1.807) is 0 Å². The zero-order valence-corrected chi connectivity index (χ0v) is 9.96. The van der Waals surface area contributed by atoms with Crippen LogP contribution in [0, 0.1) is 0 Å². The first-order valence-electron chi connectivity index (χ1n) is 3.94. The summed E-state index contributed by atoms with van der Waals surface area (Å²) in [6, 6.07) is 3.94. The van der Waals surface area contributed by atoms with Crippen molar-refractivity contribution in [3.8, 4) is 5.75 Å². The Morgan fingerprint density at radius 3 is 1.73 bits per heavy atom. The molecule has 5 nitrogen and oxygen atoms in total. The summed E-state index contributed by atoms with van der Waals surface area (Å²) in [6.45, 7) is 0. The van der Waals surface area contributed by atoms with Crippen LogP contribution in [0.15, 0.2) is 18.2 Å². The Labute approximate surface area is 103 Å². The van der Waals surface area contributed by atoms with Crippen LogP contribution in [-0.4, -0.2) is 49.9 Å². The van der Waals surface area contributed by atoms with Gasteiger partial charge in [0.25, 0.3) is 0 Å². The molecule has 0 aliphatic rings. The molecule has 1 aromatic rings. The molecule has 2 amide bonds. The van der Waals surface area contributed by atoms with Gasteiger partial charge in [-0.2, -0.15) is 0 Å². The summed E-state index contributed by atoms with van der Waals surface area (Å²) in [5.41, 5.74) is 0.433. The van der Waals surface area contributed by atoms with E-state index in [9.17, 15) is 14.7 Å². The minimum atomic E-state index is -0.395. The maximum Gasteiger partial charge on any atom is 0.310 e. The normalized spacial score (nSPS) is 9.33. The van der Waals surface area contributed by atoms with Crippen LogP contribution in [0.3, 0.4) is 0 Å². The fraction of sp³-hybridized carbons (Fsp3) is 0. The van der Waals surface area contributed by atoms with Crippen molar-refractivity contribution in [2.75, 3.05) is 0 Å². The van der Waals surface area contributed by atoms with Crippen LogP contribution in [-0.2, 0) is 0 Å². The van der Waals surface area contributed by atoms with E-state index in [1.165, 1.54) is 18.2 Å². The van der Waals surface area contributed by atoms with Crippen molar-refractivity contribution in [3.63, 3.8) is 0 Å². The lowest BCUT2D eigenvalue weighted by molar-refractivity contribution is 0.0980. The molecule has 0 saturated heterocycles. The van der Waals surface area contributed by atoms with Crippen molar-refractivity contribution >= 4 is 44.8 Å². The molecule has 0 spiro atoms. The van der Waals surface area contributed by atoms with Crippen molar-refractivity contribution in [2.24, 2.45) is 0 Å². The van der Waals surface area contributed by atoms with E-state index in [-0.39, 0.29) is 16.9 Å². The van der Waals surface area contributed by atoms with Crippen molar-refractivity contribution in [1.82, 2.24) is 8.60 Å². The Hall–Kier alpha value is -0.975. The summed E-state index contributed by atoms with van der Waals surface area (Å²) >= 11 is 4.10. The largest absolute Gasteiger partial charge is 0.508 e. The molecule has 0 aliphatic carbocycles. The molecule has 7 heteroatoms. The maximum atomic E-state index is 11.2. The van der Waals surface area contributed by atoms with Crippen LogP contribution < -0.4 is 8.60 Å². The minimum Gasteiger partial charge on any atom is -0.508 e. The molecule has 0 atom stereocenters. The van der Waals surface area contributed by atoms with Crippen LogP contribution in [0.5, 0.6) is 5.75 Å². The number of nitrogens with one attached hydrogen (secondary N) is 2. The van der Waals surface area contributed by atoms with Gasteiger partial charge in [0.05, 0.1) is 0 Å². The molecule has 0 bridgehead atoms. The van der Waals surface area contributed by atoms with Gasteiger partial charge in [0, 0.05) is 11.1 Å². The number of amides is 2. The highest BCUT2D eigenvalue weighted by atomic mass is 27.1. The van der Waals surface area contributed by atoms with Gasteiger partial charge in [-0.1, -0.05) is 0 Å². The van der Waals surface area contributed by atoms with Gasteiger partial charge >= 0.3 is 33.0 Å². The number of hydrogen-bond donors (Lipinski definition) is 3. The fourth-order valence-electron chi connectivity index (χ4n) is 1.04. The molecule has 0 unspecified atom stereocenters. The number of carbonyl (C=O) groups excluding carboxylic acids is 2. The van der Waals surface area contributed by atoms with E-state index < -0.39 is 11.8 Å². The number of carbonyl (C=O) groups is 2. The molecule has 72 valence electrons. The predicted octanol–water partition coefficient (Wildman–Crippen LogP) is -0.981. The minimum absolute atomic E-state index is 0.135. The Kier molecular flexibility index (Phi) is 4.20. The molecular formula is C8H6Al2N2O3. The quantitative estimate of drug-likeness (QED) is 0.573. The molecule has 3 N–H and O–H groups in total. The van der Waals surface area contributed by atoms with Crippen LogP contribution >= 0.6 is 0 Å². The van der Waals surface area contributed by atoms with Gasteiger partial charge in [0.1, 0.15) is 5.75 Å². The SMILES string of the molecule is O=C([NH][Al])c1cc(O)cc(C(=O)[NH][Al])c1. The van der Waals surface area contributed by atoms with Crippen LogP contribution in [0.2, 0.25) is 0 Å². The highest BCUT2D eigenvalue weighted by Crippen LogP contribution is 2.15. The number of hydrogen-bond acceptors (Lipinski definition) is 3. The highest BCUT2D eigenvalue weighted by Gasteiger charge is 2.09. The third-order valence-electron chi connectivity index (χ3n) is 1.70. The standard InChI is InChI=1S/C8H8N2O3.2Al/c9-7(12)4-1-5(8(10)13)3-6(11)2-4;;/h1-3H,(H5,9,10,11,12,13);;/q;2*+1/p-2. The second kappa shape index (κ2) is 5.20. The topological polar surface area (TPSA) is 78.4 Å². The van der Waals surface area contributed by atoms with E-state index >= 15 is 0 Å². The third kappa shape index (κ3) is 2.99. The summed E-state index contributed by atoms with van der Waals surface area (Å²) in [4.78, 5) is 22.5.